The van der Waals surface area contributed by atoms with Gasteiger partial charge in [-0.3, -0.25) is 0 Å². The highest BCUT2D eigenvalue weighted by atomic mass is 16.4. The summed E-state index contributed by atoms with van der Waals surface area (Å²) >= 11 is 0. The predicted molar refractivity (Wildman–Crippen MR) is 75.0 cm³/mol. The first kappa shape index (κ1) is 13.7. The highest BCUT2D eigenvalue weighted by Gasteiger charge is 2.43. The molecule has 0 radical (unpaired) electrons. The number of aromatic nitrogens is 1. The Bertz CT molecular complexity index is 508. The quantitative estimate of drug-likeness (QED) is 0.879. The lowest BCUT2D eigenvalue weighted by atomic mass is 9.78. The van der Waals surface area contributed by atoms with Crippen molar-refractivity contribution in [3.8, 4) is 0 Å². The highest BCUT2D eigenvalue weighted by molar-refractivity contribution is 5.86. The highest BCUT2D eigenvalue weighted by Crippen LogP contribution is 2.48. The molecule has 0 bridgehead atoms. The number of rotatable bonds is 5. The van der Waals surface area contributed by atoms with Crippen LogP contribution in [0.15, 0.2) is 4.42 Å². The Kier molecular flexibility index (Phi) is 3.35. The van der Waals surface area contributed by atoms with Gasteiger partial charge in [0.05, 0.1) is 5.69 Å². The van der Waals surface area contributed by atoms with Gasteiger partial charge in [0.1, 0.15) is 0 Å². The summed E-state index contributed by atoms with van der Waals surface area (Å²) in [7, 11) is 0. The summed E-state index contributed by atoms with van der Waals surface area (Å²) in [5.74, 6) is 0.706. The van der Waals surface area contributed by atoms with Crippen molar-refractivity contribution >= 4 is 5.97 Å². The van der Waals surface area contributed by atoms with E-state index >= 15 is 0 Å². The summed E-state index contributed by atoms with van der Waals surface area (Å²) in [5.41, 5.74) is 0.674. The molecule has 110 valence electrons. The average molecular weight is 277 g/mol. The second-order valence-electron chi connectivity index (χ2n) is 6.90. The zero-order valence-electron chi connectivity index (χ0n) is 12.3. The van der Waals surface area contributed by atoms with Gasteiger partial charge in [0.25, 0.3) is 0 Å². The van der Waals surface area contributed by atoms with E-state index in [0.29, 0.717) is 23.4 Å². The minimum absolute atomic E-state index is 0.0223. The molecular weight excluding hydrogens is 254 g/mol. The van der Waals surface area contributed by atoms with Gasteiger partial charge in [0, 0.05) is 11.3 Å². The molecule has 2 aliphatic carbocycles. The first-order chi connectivity index (χ1) is 9.52. The van der Waals surface area contributed by atoms with Crippen molar-refractivity contribution in [2.24, 2.45) is 5.92 Å². The van der Waals surface area contributed by atoms with Crippen LogP contribution in [-0.4, -0.2) is 16.1 Å². The summed E-state index contributed by atoms with van der Waals surface area (Å²) in [5, 5.41) is 9.33. The summed E-state index contributed by atoms with van der Waals surface area (Å²) in [4.78, 5) is 16.0. The van der Waals surface area contributed by atoms with Gasteiger partial charge in [0.15, 0.2) is 0 Å². The van der Waals surface area contributed by atoms with Crippen LogP contribution in [0.2, 0.25) is 0 Å². The Morgan fingerprint density at radius 2 is 2.05 bits per heavy atom. The third-order valence-corrected chi connectivity index (χ3v) is 4.62. The predicted octanol–water partition coefficient (Wildman–Crippen LogP) is 4.11. The maximum absolute atomic E-state index is 11.4. The Morgan fingerprint density at radius 1 is 1.40 bits per heavy atom. The molecule has 1 heterocycles. The van der Waals surface area contributed by atoms with Crippen molar-refractivity contribution in [1.29, 1.82) is 0 Å². The number of hydrogen-bond acceptors (Lipinski definition) is 3. The number of carboxylic acids is 1. The van der Waals surface area contributed by atoms with Gasteiger partial charge in [0.2, 0.25) is 11.7 Å². The van der Waals surface area contributed by atoms with E-state index in [2.05, 4.69) is 18.8 Å². The molecule has 1 aromatic heterocycles. The molecule has 4 nitrogen and oxygen atoms in total. The van der Waals surface area contributed by atoms with E-state index in [0.717, 1.165) is 32.1 Å². The van der Waals surface area contributed by atoms with E-state index in [1.54, 1.807) is 0 Å². The Labute approximate surface area is 119 Å². The third kappa shape index (κ3) is 2.36. The number of aromatic carboxylic acids is 1. The average Bonchev–Trinajstić information content (AvgIpc) is 2.94. The topological polar surface area (TPSA) is 63.3 Å². The SMILES string of the molecule is CC(C)CC1(c2nc(C3CC3)c(C(=O)O)o2)CCCC1. The van der Waals surface area contributed by atoms with Crippen molar-refractivity contribution in [1.82, 2.24) is 4.98 Å². The third-order valence-electron chi connectivity index (χ3n) is 4.62. The summed E-state index contributed by atoms with van der Waals surface area (Å²) in [6.07, 6.45) is 7.67. The molecule has 0 saturated heterocycles. The largest absolute Gasteiger partial charge is 0.475 e. The van der Waals surface area contributed by atoms with Crippen LogP contribution in [0.1, 0.15) is 86.9 Å². The van der Waals surface area contributed by atoms with Crippen LogP contribution in [0.25, 0.3) is 0 Å². The van der Waals surface area contributed by atoms with Crippen LogP contribution in [0.5, 0.6) is 0 Å². The number of nitrogens with zero attached hydrogens (tertiary/aromatic N) is 1. The molecule has 0 spiro atoms. The minimum atomic E-state index is -0.969. The van der Waals surface area contributed by atoms with Crippen molar-refractivity contribution in [3.05, 3.63) is 17.3 Å². The van der Waals surface area contributed by atoms with Gasteiger partial charge in [-0.2, -0.15) is 0 Å². The molecule has 4 heteroatoms. The van der Waals surface area contributed by atoms with Crippen LogP contribution < -0.4 is 0 Å². The van der Waals surface area contributed by atoms with E-state index in [1.807, 2.05) is 0 Å². The molecule has 0 aromatic carbocycles. The van der Waals surface area contributed by atoms with E-state index < -0.39 is 5.97 Å². The van der Waals surface area contributed by atoms with E-state index in [4.69, 9.17) is 4.42 Å². The van der Waals surface area contributed by atoms with Crippen molar-refractivity contribution < 1.29 is 14.3 Å². The van der Waals surface area contributed by atoms with E-state index in [9.17, 15) is 9.90 Å². The monoisotopic (exact) mass is 277 g/mol. The number of oxazole rings is 1. The Morgan fingerprint density at radius 3 is 2.55 bits per heavy atom. The fraction of sp³-hybridized carbons (Fsp3) is 0.750. The Hall–Kier alpha value is -1.32. The normalized spacial score (nSPS) is 21.6. The zero-order valence-corrected chi connectivity index (χ0v) is 12.3. The lowest BCUT2D eigenvalue weighted by molar-refractivity contribution is 0.0655. The number of carboxylic acid groups (broad SMARTS) is 1. The number of carbonyl (C=O) groups is 1. The maximum Gasteiger partial charge on any atom is 0.373 e. The molecule has 2 fully saturated rings. The van der Waals surface area contributed by atoms with Crippen molar-refractivity contribution in [3.63, 3.8) is 0 Å². The second-order valence-corrected chi connectivity index (χ2v) is 6.90. The molecule has 0 amide bonds. The van der Waals surface area contributed by atoms with Crippen LogP contribution in [0, 0.1) is 5.92 Å². The van der Waals surface area contributed by atoms with E-state index in [-0.39, 0.29) is 11.2 Å². The van der Waals surface area contributed by atoms with Gasteiger partial charge in [-0.15, -0.1) is 0 Å². The Balaban J connectivity index is 1.99. The summed E-state index contributed by atoms with van der Waals surface area (Å²) in [6.45, 7) is 4.42. The number of hydrogen-bond donors (Lipinski definition) is 1. The van der Waals surface area contributed by atoms with Crippen molar-refractivity contribution in [2.75, 3.05) is 0 Å². The molecule has 0 atom stereocenters. The van der Waals surface area contributed by atoms with Crippen LogP contribution in [0.3, 0.4) is 0 Å². The lowest BCUT2D eigenvalue weighted by Crippen LogP contribution is -2.24. The van der Waals surface area contributed by atoms with E-state index in [1.165, 1.54) is 12.8 Å². The van der Waals surface area contributed by atoms with Crippen LogP contribution in [-0.2, 0) is 5.41 Å². The molecular formula is C16H23NO3. The standard InChI is InChI=1S/C16H23NO3/c1-10(2)9-16(7-3-4-8-16)15-17-12(11-5-6-11)13(20-15)14(18)19/h10-11H,3-9H2,1-2H3,(H,18,19). The second kappa shape index (κ2) is 4.90. The minimum Gasteiger partial charge on any atom is -0.475 e. The van der Waals surface area contributed by atoms with Crippen LogP contribution in [0.4, 0.5) is 0 Å². The fourth-order valence-corrected chi connectivity index (χ4v) is 3.68. The fourth-order valence-electron chi connectivity index (χ4n) is 3.68. The summed E-state index contributed by atoms with van der Waals surface area (Å²) in [6, 6.07) is 0. The molecule has 3 rings (SSSR count). The molecule has 0 aliphatic heterocycles. The van der Waals surface area contributed by atoms with Gasteiger partial charge >= 0.3 is 5.97 Å². The first-order valence-electron chi connectivity index (χ1n) is 7.76. The van der Waals surface area contributed by atoms with Gasteiger partial charge in [-0.1, -0.05) is 26.7 Å². The molecule has 0 unspecified atom stereocenters. The maximum atomic E-state index is 11.4. The van der Waals surface area contributed by atoms with Gasteiger partial charge in [-0.25, -0.2) is 9.78 Å². The lowest BCUT2D eigenvalue weighted by Gasteiger charge is -2.27. The first-order valence-corrected chi connectivity index (χ1v) is 7.76. The molecule has 2 aliphatic rings. The molecule has 2 saturated carbocycles. The van der Waals surface area contributed by atoms with Gasteiger partial charge in [-0.05, 0) is 38.0 Å². The van der Waals surface area contributed by atoms with Crippen molar-refractivity contribution in [2.45, 2.75) is 70.1 Å². The van der Waals surface area contributed by atoms with Crippen LogP contribution >= 0.6 is 0 Å². The zero-order chi connectivity index (χ0) is 14.3. The molecule has 1 aromatic rings. The smallest absolute Gasteiger partial charge is 0.373 e. The molecule has 1 N–H and O–H groups in total. The molecule has 20 heavy (non-hydrogen) atoms. The van der Waals surface area contributed by atoms with Gasteiger partial charge < -0.3 is 9.52 Å². The summed E-state index contributed by atoms with van der Waals surface area (Å²) < 4.78 is 5.76.